The molecular formula is C17H30O3. The molecule has 2 fully saturated rings. The Kier molecular flexibility index (Phi) is 4.78. The van der Waals surface area contributed by atoms with Gasteiger partial charge in [0.25, 0.3) is 0 Å². The minimum Gasteiger partial charge on any atom is -0.462 e. The van der Waals surface area contributed by atoms with Gasteiger partial charge in [0.2, 0.25) is 0 Å². The van der Waals surface area contributed by atoms with Crippen LogP contribution in [0.25, 0.3) is 0 Å². The number of aliphatic hydroxyl groups is 1. The molecule has 3 nitrogen and oxygen atoms in total. The molecule has 2 aliphatic carbocycles. The van der Waals surface area contributed by atoms with Crippen molar-refractivity contribution in [1.29, 1.82) is 0 Å². The van der Waals surface area contributed by atoms with Crippen molar-refractivity contribution >= 4 is 5.97 Å². The Morgan fingerprint density at radius 1 is 1.20 bits per heavy atom. The molecular weight excluding hydrogens is 252 g/mol. The maximum absolute atomic E-state index is 12.1. The number of hydrogen-bond donors (Lipinski definition) is 1. The zero-order valence-corrected chi connectivity index (χ0v) is 13.3. The summed E-state index contributed by atoms with van der Waals surface area (Å²) >= 11 is 0. The maximum Gasteiger partial charge on any atom is 0.311 e. The highest BCUT2D eigenvalue weighted by Gasteiger charge is 2.41. The second-order valence-corrected chi connectivity index (χ2v) is 7.43. The van der Waals surface area contributed by atoms with Crippen molar-refractivity contribution in [3.63, 3.8) is 0 Å². The lowest BCUT2D eigenvalue weighted by atomic mass is 9.75. The van der Waals surface area contributed by atoms with Crippen molar-refractivity contribution in [1.82, 2.24) is 0 Å². The number of carbonyl (C=O) groups excluding carboxylic acids is 1. The van der Waals surface area contributed by atoms with Gasteiger partial charge in [0, 0.05) is 0 Å². The monoisotopic (exact) mass is 282 g/mol. The molecule has 0 amide bonds. The van der Waals surface area contributed by atoms with Crippen LogP contribution in [0.3, 0.4) is 0 Å². The Morgan fingerprint density at radius 2 is 1.75 bits per heavy atom. The van der Waals surface area contributed by atoms with Crippen LogP contribution in [0, 0.1) is 11.3 Å². The summed E-state index contributed by atoms with van der Waals surface area (Å²) < 4.78 is 5.67. The summed E-state index contributed by atoms with van der Waals surface area (Å²) in [5.41, 5.74) is -0.793. The van der Waals surface area contributed by atoms with E-state index < -0.39 is 5.60 Å². The van der Waals surface area contributed by atoms with Crippen molar-refractivity contribution in [2.24, 2.45) is 11.3 Å². The molecule has 0 unspecified atom stereocenters. The largest absolute Gasteiger partial charge is 0.462 e. The second kappa shape index (κ2) is 6.05. The van der Waals surface area contributed by atoms with Crippen LogP contribution >= 0.6 is 0 Å². The van der Waals surface area contributed by atoms with E-state index in [9.17, 15) is 9.90 Å². The molecule has 0 saturated heterocycles. The first-order valence-electron chi connectivity index (χ1n) is 8.31. The molecule has 20 heavy (non-hydrogen) atoms. The molecule has 0 aliphatic heterocycles. The molecule has 2 rings (SSSR count). The molecule has 116 valence electrons. The fraction of sp³-hybridized carbons (Fsp3) is 0.941. The van der Waals surface area contributed by atoms with Gasteiger partial charge in [-0.3, -0.25) is 4.79 Å². The maximum atomic E-state index is 12.1. The van der Waals surface area contributed by atoms with Gasteiger partial charge in [0.15, 0.2) is 0 Å². The van der Waals surface area contributed by atoms with E-state index in [0.717, 1.165) is 57.8 Å². The normalized spacial score (nSPS) is 30.2. The average Bonchev–Trinajstić information content (AvgIpc) is 2.87. The van der Waals surface area contributed by atoms with E-state index in [1.165, 1.54) is 0 Å². The summed E-state index contributed by atoms with van der Waals surface area (Å²) in [6.45, 7) is 5.91. The van der Waals surface area contributed by atoms with E-state index >= 15 is 0 Å². The van der Waals surface area contributed by atoms with E-state index in [1.54, 1.807) is 0 Å². The third kappa shape index (κ3) is 3.36. The van der Waals surface area contributed by atoms with Crippen LogP contribution in [-0.2, 0) is 9.53 Å². The van der Waals surface area contributed by atoms with Crippen molar-refractivity contribution in [2.75, 3.05) is 0 Å². The van der Waals surface area contributed by atoms with Gasteiger partial charge >= 0.3 is 5.97 Å². The fourth-order valence-electron chi connectivity index (χ4n) is 3.57. The van der Waals surface area contributed by atoms with Crippen LogP contribution in [0.5, 0.6) is 0 Å². The third-order valence-corrected chi connectivity index (χ3v) is 5.61. The highest BCUT2D eigenvalue weighted by atomic mass is 16.5. The Hall–Kier alpha value is -0.570. The first-order valence-corrected chi connectivity index (χ1v) is 8.31. The minimum atomic E-state index is -0.419. The highest BCUT2D eigenvalue weighted by Crippen LogP contribution is 2.43. The molecule has 0 aromatic carbocycles. The molecule has 2 saturated carbocycles. The SMILES string of the molecule is CCC(C)(C)C(=O)OC1CCC(C2(O)CCCC2)CC1. The lowest BCUT2D eigenvalue weighted by Crippen LogP contribution is -2.39. The first kappa shape index (κ1) is 15.8. The molecule has 0 atom stereocenters. The molecule has 1 N–H and O–H groups in total. The van der Waals surface area contributed by atoms with Gasteiger partial charge in [-0.15, -0.1) is 0 Å². The van der Waals surface area contributed by atoms with Crippen molar-refractivity contribution < 1.29 is 14.6 Å². The molecule has 0 bridgehead atoms. The van der Waals surface area contributed by atoms with Crippen LogP contribution in [-0.4, -0.2) is 22.8 Å². The Bertz CT molecular complexity index is 334. The molecule has 0 aromatic rings. The topological polar surface area (TPSA) is 46.5 Å². The van der Waals surface area contributed by atoms with Crippen LogP contribution in [0.4, 0.5) is 0 Å². The summed E-state index contributed by atoms with van der Waals surface area (Å²) in [6, 6.07) is 0. The number of hydrogen-bond acceptors (Lipinski definition) is 3. The molecule has 0 aromatic heterocycles. The Morgan fingerprint density at radius 3 is 2.25 bits per heavy atom. The fourth-order valence-corrected chi connectivity index (χ4v) is 3.57. The van der Waals surface area contributed by atoms with E-state index in [2.05, 4.69) is 0 Å². The third-order valence-electron chi connectivity index (χ3n) is 5.61. The predicted octanol–water partition coefficient (Wildman–Crippen LogP) is 3.83. The summed E-state index contributed by atoms with van der Waals surface area (Å²) in [5, 5.41) is 10.6. The summed E-state index contributed by atoms with van der Waals surface area (Å²) in [6.07, 6.45) is 8.96. The molecule has 0 spiro atoms. The van der Waals surface area contributed by atoms with Crippen LogP contribution in [0.2, 0.25) is 0 Å². The van der Waals surface area contributed by atoms with Gasteiger partial charge in [-0.2, -0.15) is 0 Å². The number of carbonyl (C=O) groups is 1. The standard InChI is InChI=1S/C17H30O3/c1-4-16(2,3)15(18)20-14-9-7-13(8-10-14)17(19)11-5-6-12-17/h13-14,19H,4-12H2,1-3H3. The van der Waals surface area contributed by atoms with E-state index in [1.807, 2.05) is 20.8 Å². The smallest absolute Gasteiger partial charge is 0.311 e. The molecule has 0 heterocycles. The Balaban J connectivity index is 1.81. The number of rotatable bonds is 4. The van der Waals surface area contributed by atoms with Gasteiger partial charge < -0.3 is 9.84 Å². The van der Waals surface area contributed by atoms with Crippen molar-refractivity contribution in [2.45, 2.75) is 90.3 Å². The summed E-state index contributed by atoms with van der Waals surface area (Å²) in [4.78, 5) is 12.1. The van der Waals surface area contributed by atoms with Gasteiger partial charge in [0.1, 0.15) is 6.10 Å². The van der Waals surface area contributed by atoms with E-state index in [0.29, 0.717) is 5.92 Å². The van der Waals surface area contributed by atoms with E-state index in [-0.39, 0.29) is 17.5 Å². The lowest BCUT2D eigenvalue weighted by molar-refractivity contribution is -0.162. The van der Waals surface area contributed by atoms with Crippen molar-refractivity contribution in [3.05, 3.63) is 0 Å². The van der Waals surface area contributed by atoms with E-state index in [4.69, 9.17) is 4.74 Å². The van der Waals surface area contributed by atoms with Crippen LogP contribution in [0.1, 0.15) is 78.6 Å². The molecule has 2 aliphatic rings. The summed E-state index contributed by atoms with van der Waals surface area (Å²) in [5.74, 6) is 0.349. The lowest BCUT2D eigenvalue weighted by Gasteiger charge is -2.38. The zero-order valence-electron chi connectivity index (χ0n) is 13.3. The summed E-state index contributed by atoms with van der Waals surface area (Å²) in [7, 11) is 0. The predicted molar refractivity (Wildman–Crippen MR) is 79.3 cm³/mol. The van der Waals surface area contributed by atoms with Gasteiger partial charge in [-0.1, -0.05) is 19.8 Å². The second-order valence-electron chi connectivity index (χ2n) is 7.43. The average molecular weight is 282 g/mol. The number of ether oxygens (including phenoxy) is 1. The first-order chi connectivity index (χ1) is 9.37. The van der Waals surface area contributed by atoms with Crippen LogP contribution in [0.15, 0.2) is 0 Å². The van der Waals surface area contributed by atoms with Gasteiger partial charge in [-0.25, -0.2) is 0 Å². The molecule has 0 radical (unpaired) electrons. The number of esters is 1. The van der Waals surface area contributed by atoms with Crippen molar-refractivity contribution in [3.8, 4) is 0 Å². The molecule has 3 heteroatoms. The quantitative estimate of drug-likeness (QED) is 0.797. The van der Waals surface area contributed by atoms with Gasteiger partial charge in [0.05, 0.1) is 11.0 Å². The minimum absolute atomic E-state index is 0.0644. The Labute approximate surface area is 123 Å². The van der Waals surface area contributed by atoms with Gasteiger partial charge in [-0.05, 0) is 64.7 Å². The van der Waals surface area contributed by atoms with Crippen LogP contribution < -0.4 is 0 Å². The highest BCUT2D eigenvalue weighted by molar-refractivity contribution is 5.75. The zero-order chi connectivity index (χ0) is 14.8.